The number of aromatic amines is 1. The predicted molar refractivity (Wildman–Crippen MR) is 156 cm³/mol. The van der Waals surface area contributed by atoms with E-state index in [1.165, 1.54) is 16.8 Å². The second kappa shape index (κ2) is 14.2. The molecule has 0 aromatic carbocycles. The van der Waals surface area contributed by atoms with E-state index in [4.69, 9.17) is 37.2 Å². The molecule has 1 aromatic rings. The van der Waals surface area contributed by atoms with Crippen LogP contribution in [0.15, 0.2) is 21.9 Å². The Labute approximate surface area is 244 Å². The molecule has 0 aliphatic carbocycles. The second-order valence-electron chi connectivity index (χ2n) is 12.1. The highest BCUT2D eigenvalue weighted by atomic mass is 28.5. The van der Waals surface area contributed by atoms with Crippen molar-refractivity contribution >= 4 is 17.1 Å². The van der Waals surface area contributed by atoms with Gasteiger partial charge in [-0.25, -0.2) is 4.79 Å². The molecule has 1 N–H and O–H groups in total. The van der Waals surface area contributed by atoms with Gasteiger partial charge in [0.15, 0.2) is 6.23 Å². The Morgan fingerprint density at radius 3 is 2.22 bits per heavy atom. The summed E-state index contributed by atoms with van der Waals surface area (Å²) in [7, 11) is -5.81. The minimum atomic E-state index is -3.00. The van der Waals surface area contributed by atoms with Gasteiger partial charge in [0, 0.05) is 12.3 Å². The Bertz CT molecular complexity index is 1130. The van der Waals surface area contributed by atoms with Crippen molar-refractivity contribution in [1.82, 2.24) is 9.55 Å². The van der Waals surface area contributed by atoms with Crippen LogP contribution in [0.2, 0.25) is 22.2 Å². The zero-order chi connectivity index (χ0) is 30.5. The molecule has 3 rings (SSSR count). The first-order valence-electron chi connectivity index (χ1n) is 14.5. The number of hydrogen-bond acceptors (Lipinski definition) is 10. The lowest BCUT2D eigenvalue weighted by Gasteiger charge is -2.51. The quantitative estimate of drug-likeness (QED) is 0.208. The van der Waals surface area contributed by atoms with Gasteiger partial charge in [0.25, 0.3) is 5.56 Å². The van der Waals surface area contributed by atoms with E-state index in [2.05, 4.69) is 66.4 Å². The molecular formula is C27H47N3O9Si2. The standard InChI is InChI=1S/C27H47N3O9Si2/c1-17(2)40(18(3)4)36-14-22-24(38-41(39-40,19(5)6)20(7)8)25(35-16-33-15-34-21(9)10-12-28)26(37-22)30-13-11-23(31)29-27(30)32/h11,13,17-22,24-26H,10,14-16H2,1-9H3,(H,29,31,32)/t21?,22?,24-,25?,26?/m0/s1. The van der Waals surface area contributed by atoms with E-state index in [0.717, 1.165) is 0 Å². The van der Waals surface area contributed by atoms with Crippen LogP contribution in [0.5, 0.6) is 0 Å². The topological polar surface area (TPSA) is 143 Å². The van der Waals surface area contributed by atoms with Crippen molar-refractivity contribution in [2.75, 3.05) is 20.2 Å². The van der Waals surface area contributed by atoms with Crippen molar-refractivity contribution in [3.63, 3.8) is 0 Å². The molecule has 0 bridgehead atoms. The maximum atomic E-state index is 12.9. The van der Waals surface area contributed by atoms with Gasteiger partial charge < -0.3 is 31.9 Å². The highest BCUT2D eigenvalue weighted by Crippen LogP contribution is 2.48. The van der Waals surface area contributed by atoms with Crippen LogP contribution in [0.3, 0.4) is 0 Å². The minimum Gasteiger partial charge on any atom is -0.414 e. The Hall–Kier alpha value is -1.68. The summed E-state index contributed by atoms with van der Waals surface area (Å²) in [6.45, 7) is 18.8. The monoisotopic (exact) mass is 613 g/mol. The van der Waals surface area contributed by atoms with Crippen LogP contribution in [-0.2, 0) is 31.9 Å². The first-order chi connectivity index (χ1) is 19.3. The van der Waals surface area contributed by atoms with E-state index in [-0.39, 0.29) is 54.9 Å². The van der Waals surface area contributed by atoms with Gasteiger partial charge in [-0.2, -0.15) is 5.26 Å². The first-order valence-corrected chi connectivity index (χ1v) is 18.4. The summed E-state index contributed by atoms with van der Waals surface area (Å²) in [4.78, 5) is 27.0. The van der Waals surface area contributed by atoms with Gasteiger partial charge in [0.05, 0.1) is 25.2 Å². The molecule has 2 fully saturated rings. The number of rotatable bonds is 12. The zero-order valence-corrected chi connectivity index (χ0v) is 27.7. The normalized spacial score (nSPS) is 26.6. The zero-order valence-electron chi connectivity index (χ0n) is 25.7. The van der Waals surface area contributed by atoms with E-state index in [1.54, 1.807) is 6.92 Å². The summed E-state index contributed by atoms with van der Waals surface area (Å²) in [5.41, 5.74) is -0.651. The van der Waals surface area contributed by atoms with E-state index >= 15 is 0 Å². The van der Waals surface area contributed by atoms with E-state index in [0.29, 0.717) is 0 Å². The summed E-state index contributed by atoms with van der Waals surface area (Å²) >= 11 is 0. The second-order valence-corrected chi connectivity index (χ2v) is 20.9. The highest BCUT2D eigenvalue weighted by Gasteiger charge is 2.62. The molecule has 4 unspecified atom stereocenters. The molecule has 5 atom stereocenters. The van der Waals surface area contributed by atoms with Crippen LogP contribution in [-0.4, -0.2) is 71.3 Å². The molecule has 12 nitrogen and oxygen atoms in total. The lowest BCUT2D eigenvalue weighted by molar-refractivity contribution is -0.183. The molecule has 2 aliphatic heterocycles. The summed E-state index contributed by atoms with van der Waals surface area (Å²) in [6, 6.07) is 3.32. The Morgan fingerprint density at radius 1 is 1.02 bits per heavy atom. The van der Waals surface area contributed by atoms with Crippen molar-refractivity contribution in [3.05, 3.63) is 33.1 Å². The molecule has 2 aliphatic rings. The van der Waals surface area contributed by atoms with Crippen LogP contribution in [0.1, 0.15) is 75.0 Å². The largest absolute Gasteiger partial charge is 0.414 e. The molecular weight excluding hydrogens is 566 g/mol. The fourth-order valence-electron chi connectivity index (χ4n) is 5.66. The SMILES string of the molecule is CC(CC#N)OCOCOC1C(n2ccc(=O)[nH]c2=O)OC2CO[Si](C(C)C)(C(C)C)O[Si](C(C)C)(C(C)C)O[C@@H]21. The first kappa shape index (κ1) is 33.8. The molecule has 0 radical (unpaired) electrons. The molecule has 41 heavy (non-hydrogen) atoms. The molecule has 0 amide bonds. The maximum absolute atomic E-state index is 12.9. The van der Waals surface area contributed by atoms with Crippen LogP contribution in [0.4, 0.5) is 0 Å². The number of nitrogens with one attached hydrogen (secondary N) is 1. The molecule has 0 spiro atoms. The van der Waals surface area contributed by atoms with E-state index < -0.39 is 52.9 Å². The number of H-pyrrole nitrogens is 1. The van der Waals surface area contributed by atoms with Gasteiger partial charge in [-0.05, 0) is 29.1 Å². The lowest BCUT2D eigenvalue weighted by atomic mass is 10.1. The molecule has 0 saturated carbocycles. The number of ether oxygens (including phenoxy) is 4. The summed E-state index contributed by atoms with van der Waals surface area (Å²) in [6.07, 6.45) is -1.56. The van der Waals surface area contributed by atoms with Crippen LogP contribution in [0, 0.1) is 11.3 Å². The van der Waals surface area contributed by atoms with Crippen LogP contribution < -0.4 is 11.2 Å². The molecule has 3 heterocycles. The average molecular weight is 614 g/mol. The Morgan fingerprint density at radius 2 is 1.66 bits per heavy atom. The summed E-state index contributed by atoms with van der Waals surface area (Å²) in [5, 5.41) is 8.84. The smallest absolute Gasteiger partial charge is 0.335 e. The van der Waals surface area contributed by atoms with Crippen molar-refractivity contribution in [3.8, 4) is 6.07 Å². The van der Waals surface area contributed by atoms with Gasteiger partial charge in [-0.3, -0.25) is 14.3 Å². The number of fused-ring (bicyclic) bond motifs is 1. The van der Waals surface area contributed by atoms with Gasteiger partial charge >= 0.3 is 22.8 Å². The van der Waals surface area contributed by atoms with Crippen molar-refractivity contribution in [2.45, 2.75) is 122 Å². The average Bonchev–Trinajstić information content (AvgIpc) is 3.19. The van der Waals surface area contributed by atoms with Gasteiger partial charge in [0.1, 0.15) is 31.9 Å². The molecule has 14 heteroatoms. The fourth-order valence-corrected chi connectivity index (χ4v) is 16.9. The van der Waals surface area contributed by atoms with Crippen LogP contribution in [0.25, 0.3) is 0 Å². The summed E-state index contributed by atoms with van der Waals surface area (Å²) in [5.74, 6) is 0. The lowest BCUT2D eigenvalue weighted by Crippen LogP contribution is -2.66. The third-order valence-electron chi connectivity index (χ3n) is 7.90. The number of hydrogen-bond donors (Lipinski definition) is 1. The van der Waals surface area contributed by atoms with Crippen molar-refractivity contribution in [2.24, 2.45) is 0 Å². The predicted octanol–water partition coefficient (Wildman–Crippen LogP) is 4.03. The van der Waals surface area contributed by atoms with Crippen LogP contribution >= 0.6 is 0 Å². The number of nitrogens with zero attached hydrogens (tertiary/aromatic N) is 2. The highest BCUT2D eigenvalue weighted by molar-refractivity contribution is 6.84. The third kappa shape index (κ3) is 7.28. The van der Waals surface area contributed by atoms with Crippen molar-refractivity contribution < 1.29 is 31.9 Å². The maximum Gasteiger partial charge on any atom is 0.335 e. The van der Waals surface area contributed by atoms with Gasteiger partial charge in [-0.15, -0.1) is 0 Å². The number of aromatic nitrogens is 2. The van der Waals surface area contributed by atoms with E-state index in [9.17, 15) is 9.59 Å². The Kier molecular flexibility index (Phi) is 11.7. The third-order valence-corrected chi connectivity index (χ3v) is 18.1. The Balaban J connectivity index is 2.00. The molecule has 1 aromatic heterocycles. The van der Waals surface area contributed by atoms with Gasteiger partial charge in [0.2, 0.25) is 0 Å². The number of nitriles is 1. The molecule has 2 saturated heterocycles. The van der Waals surface area contributed by atoms with Crippen molar-refractivity contribution in [1.29, 1.82) is 5.26 Å². The minimum absolute atomic E-state index is 0.0750. The van der Waals surface area contributed by atoms with E-state index in [1.807, 2.05) is 0 Å². The molecule has 232 valence electrons. The van der Waals surface area contributed by atoms with Gasteiger partial charge in [-0.1, -0.05) is 55.4 Å². The summed E-state index contributed by atoms with van der Waals surface area (Å²) < 4.78 is 46.3. The fraction of sp³-hybridized carbons (Fsp3) is 0.815.